The molecule has 2 rings (SSSR count). The van der Waals surface area contributed by atoms with Crippen molar-refractivity contribution in [3.63, 3.8) is 0 Å². The molecule has 1 saturated heterocycles. The van der Waals surface area contributed by atoms with E-state index in [-0.39, 0.29) is 0 Å². The Labute approximate surface area is 114 Å². The summed E-state index contributed by atoms with van der Waals surface area (Å²) in [5.41, 5.74) is 0. The summed E-state index contributed by atoms with van der Waals surface area (Å²) >= 11 is 0. The topological polar surface area (TPSA) is 15.3 Å². The number of rotatable bonds is 5. The molecule has 18 heavy (non-hydrogen) atoms. The van der Waals surface area contributed by atoms with E-state index in [2.05, 4.69) is 24.1 Å². The molecule has 0 aromatic rings. The van der Waals surface area contributed by atoms with Crippen molar-refractivity contribution >= 4 is 0 Å². The van der Waals surface area contributed by atoms with Gasteiger partial charge in [0.25, 0.3) is 0 Å². The van der Waals surface area contributed by atoms with Gasteiger partial charge in [-0.3, -0.25) is 0 Å². The highest BCUT2D eigenvalue weighted by atomic mass is 15.1. The van der Waals surface area contributed by atoms with Crippen molar-refractivity contribution in [3.05, 3.63) is 0 Å². The van der Waals surface area contributed by atoms with Gasteiger partial charge in [0.05, 0.1) is 0 Å². The average molecular weight is 252 g/mol. The lowest BCUT2D eigenvalue weighted by Crippen LogP contribution is -2.40. The predicted molar refractivity (Wildman–Crippen MR) is 78.9 cm³/mol. The zero-order valence-corrected chi connectivity index (χ0v) is 12.5. The molecule has 2 aliphatic rings. The number of likely N-dealkylation sites (tertiary alicyclic amines) is 1. The van der Waals surface area contributed by atoms with Gasteiger partial charge in [0.2, 0.25) is 0 Å². The maximum Gasteiger partial charge on any atom is 0.00673 e. The van der Waals surface area contributed by atoms with Crippen molar-refractivity contribution in [3.8, 4) is 0 Å². The lowest BCUT2D eigenvalue weighted by atomic mass is 9.84. The Balaban J connectivity index is 1.58. The molecule has 106 valence electrons. The predicted octanol–water partition coefficient (Wildman–Crippen LogP) is 3.28. The first-order valence-corrected chi connectivity index (χ1v) is 8.27. The Morgan fingerprint density at radius 2 is 1.56 bits per heavy atom. The maximum absolute atomic E-state index is 3.85. The van der Waals surface area contributed by atoms with E-state index in [1.165, 1.54) is 71.1 Å². The van der Waals surface area contributed by atoms with Crippen LogP contribution in [-0.4, -0.2) is 37.1 Å². The summed E-state index contributed by atoms with van der Waals surface area (Å²) < 4.78 is 0. The van der Waals surface area contributed by atoms with Gasteiger partial charge in [-0.25, -0.2) is 0 Å². The van der Waals surface area contributed by atoms with Gasteiger partial charge < -0.3 is 10.2 Å². The molecule has 0 radical (unpaired) electrons. The normalized spacial score (nSPS) is 31.7. The van der Waals surface area contributed by atoms with Crippen LogP contribution in [0.25, 0.3) is 0 Å². The van der Waals surface area contributed by atoms with Gasteiger partial charge in [-0.1, -0.05) is 20.3 Å². The molecule has 2 fully saturated rings. The fourth-order valence-corrected chi connectivity index (χ4v) is 3.61. The van der Waals surface area contributed by atoms with E-state index < -0.39 is 0 Å². The van der Waals surface area contributed by atoms with E-state index in [0.29, 0.717) is 0 Å². The number of hydrogen-bond donors (Lipinski definition) is 1. The first-order chi connectivity index (χ1) is 8.81. The van der Waals surface area contributed by atoms with Crippen LogP contribution in [0.3, 0.4) is 0 Å². The van der Waals surface area contributed by atoms with Crippen molar-refractivity contribution in [1.29, 1.82) is 0 Å². The standard InChI is InChI=1S/C16H32N2/c1-3-14-5-7-16(8-6-14)17-13-15-9-11-18(4-2)12-10-15/h14-17H,3-13H2,1-2H3. The highest BCUT2D eigenvalue weighted by Gasteiger charge is 2.22. The first-order valence-electron chi connectivity index (χ1n) is 8.27. The Morgan fingerprint density at radius 1 is 0.889 bits per heavy atom. The number of nitrogens with zero attached hydrogens (tertiary/aromatic N) is 1. The van der Waals surface area contributed by atoms with E-state index in [4.69, 9.17) is 0 Å². The van der Waals surface area contributed by atoms with Gasteiger partial charge in [0, 0.05) is 6.04 Å². The third-order valence-corrected chi connectivity index (χ3v) is 5.27. The third-order valence-electron chi connectivity index (χ3n) is 5.27. The van der Waals surface area contributed by atoms with Crippen LogP contribution in [0.4, 0.5) is 0 Å². The second kappa shape index (κ2) is 7.49. The van der Waals surface area contributed by atoms with Crippen molar-refractivity contribution < 1.29 is 0 Å². The number of nitrogens with one attached hydrogen (secondary N) is 1. The van der Waals surface area contributed by atoms with E-state index in [1.54, 1.807) is 0 Å². The minimum Gasteiger partial charge on any atom is -0.314 e. The minimum absolute atomic E-state index is 0.831. The van der Waals surface area contributed by atoms with E-state index in [1.807, 2.05) is 0 Å². The summed E-state index contributed by atoms with van der Waals surface area (Å²) in [5.74, 6) is 1.97. The molecule has 1 aliphatic heterocycles. The largest absolute Gasteiger partial charge is 0.314 e. The van der Waals surface area contributed by atoms with Gasteiger partial charge in [0.15, 0.2) is 0 Å². The molecule has 0 amide bonds. The quantitative estimate of drug-likeness (QED) is 0.808. The van der Waals surface area contributed by atoms with Crippen LogP contribution in [0.1, 0.15) is 58.8 Å². The van der Waals surface area contributed by atoms with Gasteiger partial charge in [-0.05, 0) is 76.5 Å². The van der Waals surface area contributed by atoms with Crippen LogP contribution in [0.5, 0.6) is 0 Å². The monoisotopic (exact) mass is 252 g/mol. The summed E-state index contributed by atoms with van der Waals surface area (Å²) in [6, 6.07) is 0.831. The highest BCUT2D eigenvalue weighted by molar-refractivity contribution is 4.79. The summed E-state index contributed by atoms with van der Waals surface area (Å²) in [4.78, 5) is 2.59. The summed E-state index contributed by atoms with van der Waals surface area (Å²) in [6.07, 6.45) is 9.97. The molecule has 0 atom stereocenters. The highest BCUT2D eigenvalue weighted by Crippen LogP contribution is 2.26. The average Bonchev–Trinajstić information content (AvgIpc) is 2.46. The molecule has 0 aromatic heterocycles. The Morgan fingerprint density at radius 3 is 2.11 bits per heavy atom. The van der Waals surface area contributed by atoms with Crippen LogP contribution < -0.4 is 5.32 Å². The molecule has 0 spiro atoms. The molecule has 1 N–H and O–H groups in total. The molecular formula is C16H32N2. The van der Waals surface area contributed by atoms with E-state index in [9.17, 15) is 0 Å². The molecule has 0 bridgehead atoms. The second-order valence-electron chi connectivity index (χ2n) is 6.41. The van der Waals surface area contributed by atoms with Crippen molar-refractivity contribution in [1.82, 2.24) is 10.2 Å². The minimum atomic E-state index is 0.831. The molecule has 1 heterocycles. The first kappa shape index (κ1) is 14.3. The smallest absolute Gasteiger partial charge is 0.00673 e. The lowest BCUT2D eigenvalue weighted by Gasteiger charge is -2.33. The number of piperidine rings is 1. The van der Waals surface area contributed by atoms with Crippen molar-refractivity contribution in [2.24, 2.45) is 11.8 Å². The molecule has 0 aromatic carbocycles. The molecule has 0 unspecified atom stereocenters. The van der Waals surface area contributed by atoms with Gasteiger partial charge in [-0.15, -0.1) is 0 Å². The summed E-state index contributed by atoms with van der Waals surface area (Å²) in [6.45, 7) is 9.79. The van der Waals surface area contributed by atoms with E-state index >= 15 is 0 Å². The van der Waals surface area contributed by atoms with Crippen molar-refractivity contribution in [2.75, 3.05) is 26.2 Å². The van der Waals surface area contributed by atoms with Gasteiger partial charge >= 0.3 is 0 Å². The Kier molecular flexibility index (Phi) is 5.97. The molecule has 2 nitrogen and oxygen atoms in total. The zero-order valence-electron chi connectivity index (χ0n) is 12.5. The molecule has 1 saturated carbocycles. The van der Waals surface area contributed by atoms with Crippen LogP contribution in [0, 0.1) is 11.8 Å². The Bertz CT molecular complexity index is 189. The summed E-state index contributed by atoms with van der Waals surface area (Å²) in [7, 11) is 0. The van der Waals surface area contributed by atoms with Crippen LogP contribution >= 0.6 is 0 Å². The van der Waals surface area contributed by atoms with Crippen molar-refractivity contribution in [2.45, 2.75) is 64.8 Å². The molecule has 2 heteroatoms. The summed E-state index contributed by atoms with van der Waals surface area (Å²) in [5, 5.41) is 3.85. The fraction of sp³-hybridized carbons (Fsp3) is 1.00. The van der Waals surface area contributed by atoms with Crippen LogP contribution in [-0.2, 0) is 0 Å². The van der Waals surface area contributed by atoms with E-state index in [0.717, 1.165) is 17.9 Å². The lowest BCUT2D eigenvalue weighted by molar-refractivity contribution is 0.182. The molecular weight excluding hydrogens is 220 g/mol. The molecule has 1 aliphatic carbocycles. The van der Waals surface area contributed by atoms with Crippen LogP contribution in [0.2, 0.25) is 0 Å². The Hall–Kier alpha value is -0.0800. The zero-order chi connectivity index (χ0) is 12.8. The van der Waals surface area contributed by atoms with Gasteiger partial charge in [0.1, 0.15) is 0 Å². The second-order valence-corrected chi connectivity index (χ2v) is 6.41. The SMILES string of the molecule is CCC1CCC(NCC2CCN(CC)CC2)CC1. The number of hydrogen-bond acceptors (Lipinski definition) is 2. The van der Waals surface area contributed by atoms with Crippen LogP contribution in [0.15, 0.2) is 0 Å². The van der Waals surface area contributed by atoms with Gasteiger partial charge in [-0.2, -0.15) is 0 Å². The third kappa shape index (κ3) is 4.24. The fourth-order valence-electron chi connectivity index (χ4n) is 3.61. The maximum atomic E-state index is 3.85.